The zero-order valence-electron chi connectivity index (χ0n) is 28.2. The summed E-state index contributed by atoms with van der Waals surface area (Å²) in [4.78, 5) is 2.17. The van der Waals surface area contributed by atoms with E-state index in [9.17, 15) is 0 Å². The van der Waals surface area contributed by atoms with Gasteiger partial charge >= 0.3 is 0 Å². The van der Waals surface area contributed by atoms with Crippen LogP contribution in [-0.4, -0.2) is 0 Å². The number of rotatable bonds is 8. The highest BCUT2D eigenvalue weighted by molar-refractivity contribution is 6.16. The Hall–Kier alpha value is -5.34. The molecule has 2 atom stereocenters. The lowest BCUT2D eigenvalue weighted by atomic mass is 9.77. The van der Waals surface area contributed by atoms with Crippen LogP contribution in [0.25, 0.3) is 43.9 Å². The van der Waals surface area contributed by atoms with Gasteiger partial charge < -0.3 is 10.6 Å². The van der Waals surface area contributed by atoms with Crippen molar-refractivity contribution < 1.29 is 0 Å². The number of nitrogen functional groups attached to an aromatic ring is 1. The van der Waals surface area contributed by atoms with Gasteiger partial charge in [-0.25, -0.2) is 0 Å². The van der Waals surface area contributed by atoms with E-state index in [1.54, 1.807) is 0 Å². The van der Waals surface area contributed by atoms with Crippen LogP contribution in [0.5, 0.6) is 0 Å². The van der Waals surface area contributed by atoms with Gasteiger partial charge in [-0.1, -0.05) is 135 Å². The summed E-state index contributed by atoms with van der Waals surface area (Å²) in [6.45, 7) is 15.3. The predicted molar refractivity (Wildman–Crippen MR) is 207 cm³/mol. The molecule has 0 bridgehead atoms. The van der Waals surface area contributed by atoms with Crippen molar-refractivity contribution in [3.05, 3.63) is 169 Å². The van der Waals surface area contributed by atoms with Gasteiger partial charge in [-0.2, -0.15) is 0 Å². The molecule has 0 heterocycles. The largest absolute Gasteiger partial charge is 0.397 e. The number of benzene rings is 5. The standard InChI is InChI=1S/C45H44N2/c1-7-16-33(9-3)34-23-25-35(26-24-34)44-38-19-12-13-20-39(38)45(37-18-11-10-17-30(37)4)41-29-36(27-28-40(41)44)32(6)47(31(5)8-2)43-22-15-14-21-42(43)46/h7-30,37H,6,46H2,1-5H3/b16-7-,31-8+,33-9+. The molecule has 0 fully saturated rings. The van der Waals surface area contributed by atoms with Crippen LogP contribution in [0, 0.1) is 5.92 Å². The van der Waals surface area contributed by atoms with Crippen LogP contribution >= 0.6 is 0 Å². The molecule has 6 rings (SSSR count). The molecule has 5 aromatic carbocycles. The van der Waals surface area contributed by atoms with Gasteiger partial charge in [-0.15, -0.1) is 0 Å². The molecule has 2 nitrogen and oxygen atoms in total. The summed E-state index contributed by atoms with van der Waals surface area (Å²) in [7, 11) is 0. The highest BCUT2D eigenvalue weighted by Gasteiger charge is 2.25. The predicted octanol–water partition coefficient (Wildman–Crippen LogP) is 12.5. The number of nitrogens with two attached hydrogens (primary N) is 1. The molecule has 5 aromatic rings. The molecule has 0 amide bonds. The minimum absolute atomic E-state index is 0.239. The maximum atomic E-state index is 6.53. The second-order valence-electron chi connectivity index (χ2n) is 12.3. The summed E-state index contributed by atoms with van der Waals surface area (Å²) in [5, 5.41) is 5.05. The topological polar surface area (TPSA) is 29.3 Å². The molecule has 1 aliphatic carbocycles. The fraction of sp³-hybridized carbons (Fsp3) is 0.156. The molecule has 0 aliphatic heterocycles. The van der Waals surface area contributed by atoms with Crippen LogP contribution in [0.1, 0.15) is 57.2 Å². The third kappa shape index (κ3) is 5.88. The van der Waals surface area contributed by atoms with Gasteiger partial charge in [0.05, 0.1) is 11.4 Å². The van der Waals surface area contributed by atoms with Gasteiger partial charge in [0.15, 0.2) is 0 Å². The molecule has 2 heteroatoms. The van der Waals surface area contributed by atoms with Crippen molar-refractivity contribution >= 4 is 44.2 Å². The molecule has 0 spiro atoms. The molecule has 47 heavy (non-hydrogen) atoms. The van der Waals surface area contributed by atoms with E-state index in [4.69, 9.17) is 5.73 Å². The zero-order valence-corrected chi connectivity index (χ0v) is 28.2. The molecule has 0 radical (unpaired) electrons. The van der Waals surface area contributed by atoms with Crippen LogP contribution < -0.4 is 10.6 Å². The number of fused-ring (bicyclic) bond motifs is 2. The lowest BCUT2D eigenvalue weighted by molar-refractivity contribution is 0.643. The number of nitrogens with zero attached hydrogens (tertiary/aromatic N) is 1. The quantitative estimate of drug-likeness (QED) is 0.107. The number of allylic oxidation sites excluding steroid dienone is 10. The first-order chi connectivity index (χ1) is 22.9. The Bertz CT molecular complexity index is 2120. The summed E-state index contributed by atoms with van der Waals surface area (Å²) in [6.07, 6.45) is 17.6. The first-order valence-electron chi connectivity index (χ1n) is 16.6. The van der Waals surface area contributed by atoms with E-state index in [1.807, 2.05) is 18.2 Å². The number of hydrogen-bond acceptors (Lipinski definition) is 2. The number of anilines is 2. The molecule has 0 saturated heterocycles. The van der Waals surface area contributed by atoms with Crippen LogP contribution in [-0.2, 0) is 0 Å². The average Bonchev–Trinajstić information content (AvgIpc) is 3.10. The van der Waals surface area contributed by atoms with E-state index in [0.29, 0.717) is 5.92 Å². The summed E-state index contributed by atoms with van der Waals surface area (Å²) in [6, 6.07) is 32.8. The van der Waals surface area contributed by atoms with E-state index in [1.165, 1.54) is 49.4 Å². The van der Waals surface area contributed by atoms with E-state index in [2.05, 4.69) is 168 Å². The molecule has 0 aromatic heterocycles. The molecule has 2 N–H and O–H groups in total. The number of para-hydroxylation sites is 2. The van der Waals surface area contributed by atoms with Crippen molar-refractivity contribution in [2.75, 3.05) is 10.6 Å². The van der Waals surface area contributed by atoms with E-state index >= 15 is 0 Å². The normalized spacial score (nSPS) is 16.8. The van der Waals surface area contributed by atoms with Crippen molar-refractivity contribution in [1.29, 1.82) is 0 Å². The zero-order chi connectivity index (χ0) is 33.1. The van der Waals surface area contributed by atoms with Crippen LogP contribution in [0.2, 0.25) is 0 Å². The molecular formula is C45H44N2. The van der Waals surface area contributed by atoms with Crippen molar-refractivity contribution in [2.45, 2.75) is 40.5 Å². The van der Waals surface area contributed by atoms with E-state index < -0.39 is 0 Å². The summed E-state index contributed by atoms with van der Waals surface area (Å²) >= 11 is 0. The minimum Gasteiger partial charge on any atom is -0.397 e. The van der Waals surface area contributed by atoms with Crippen molar-refractivity contribution in [2.24, 2.45) is 5.92 Å². The van der Waals surface area contributed by atoms with Crippen molar-refractivity contribution in [1.82, 2.24) is 0 Å². The van der Waals surface area contributed by atoms with Crippen molar-refractivity contribution in [3.63, 3.8) is 0 Å². The van der Waals surface area contributed by atoms with Gasteiger partial charge in [0.2, 0.25) is 0 Å². The maximum absolute atomic E-state index is 6.53. The van der Waals surface area contributed by atoms with E-state index in [-0.39, 0.29) is 5.92 Å². The third-order valence-electron chi connectivity index (χ3n) is 9.53. The van der Waals surface area contributed by atoms with Gasteiger partial charge in [0.1, 0.15) is 0 Å². The second-order valence-corrected chi connectivity index (χ2v) is 12.3. The molecule has 2 unspecified atom stereocenters. The minimum atomic E-state index is 0.239. The fourth-order valence-electron chi connectivity index (χ4n) is 7.00. The second kappa shape index (κ2) is 13.6. The Balaban J connectivity index is 1.63. The monoisotopic (exact) mass is 612 g/mol. The highest BCUT2D eigenvalue weighted by Crippen LogP contribution is 2.46. The van der Waals surface area contributed by atoms with Gasteiger partial charge in [-0.3, -0.25) is 0 Å². The molecule has 0 saturated carbocycles. The highest BCUT2D eigenvalue weighted by atomic mass is 15.2. The first kappa shape index (κ1) is 31.6. The lowest BCUT2D eigenvalue weighted by Crippen LogP contribution is -2.20. The summed E-state index contributed by atoms with van der Waals surface area (Å²) < 4.78 is 0. The van der Waals surface area contributed by atoms with Crippen LogP contribution in [0.3, 0.4) is 0 Å². The number of hydrogen-bond donors (Lipinski definition) is 1. The van der Waals surface area contributed by atoms with Crippen molar-refractivity contribution in [3.8, 4) is 11.1 Å². The Morgan fingerprint density at radius 2 is 1.40 bits per heavy atom. The molecule has 1 aliphatic rings. The van der Waals surface area contributed by atoms with Gasteiger partial charge in [-0.05, 0) is 107 Å². The smallest absolute Gasteiger partial charge is 0.0687 e. The molecular weight excluding hydrogens is 569 g/mol. The third-order valence-corrected chi connectivity index (χ3v) is 9.53. The van der Waals surface area contributed by atoms with Crippen LogP contribution in [0.15, 0.2) is 152 Å². The Labute approximate surface area is 280 Å². The average molecular weight is 613 g/mol. The van der Waals surface area contributed by atoms with Gasteiger partial charge in [0.25, 0.3) is 0 Å². The maximum Gasteiger partial charge on any atom is 0.0687 e. The van der Waals surface area contributed by atoms with Crippen LogP contribution in [0.4, 0.5) is 11.4 Å². The Morgan fingerprint density at radius 3 is 2.09 bits per heavy atom. The molecule has 234 valence electrons. The first-order valence-corrected chi connectivity index (χ1v) is 16.6. The summed E-state index contributed by atoms with van der Waals surface area (Å²) in [5.41, 5.74) is 17.5. The Morgan fingerprint density at radius 1 is 0.745 bits per heavy atom. The SMILES string of the molecule is C=C(c1ccc2c(-c3ccc(C(/C=C\C)=C/C)cc3)c3ccccc3c(C3C=CC=CC3C)c2c1)N(/C(C)=C/C)c1ccccc1N. The Kier molecular flexibility index (Phi) is 9.13. The fourth-order valence-corrected chi connectivity index (χ4v) is 7.00. The van der Waals surface area contributed by atoms with Gasteiger partial charge in [0, 0.05) is 17.3 Å². The lowest BCUT2D eigenvalue weighted by Gasteiger charge is -2.30. The summed E-state index contributed by atoms with van der Waals surface area (Å²) in [5.74, 6) is 0.601. The van der Waals surface area contributed by atoms with E-state index in [0.717, 1.165) is 28.3 Å².